The molecule has 1 amide bonds. The molecule has 0 aliphatic rings. The second-order valence-electron chi connectivity index (χ2n) is 4.49. The Kier molecular flexibility index (Phi) is 6.05. The molecule has 1 atom stereocenters. The van der Waals surface area contributed by atoms with E-state index in [0.29, 0.717) is 18.8 Å². The Morgan fingerprint density at radius 3 is 2.68 bits per heavy atom. The van der Waals surface area contributed by atoms with Gasteiger partial charge in [0.1, 0.15) is 17.5 Å². The first kappa shape index (κ1) is 15.2. The maximum Gasteiger partial charge on any atom is 0.221 e. The zero-order chi connectivity index (χ0) is 14.3. The van der Waals surface area contributed by atoms with Gasteiger partial charge in [-0.05, 0) is 20.3 Å². The van der Waals surface area contributed by atoms with E-state index in [4.69, 9.17) is 0 Å². The first-order chi connectivity index (χ1) is 9.05. The van der Waals surface area contributed by atoms with Gasteiger partial charge < -0.3 is 16.0 Å². The molecule has 0 aromatic carbocycles. The molecule has 1 rings (SSSR count). The third-order valence-electron chi connectivity index (χ3n) is 2.77. The minimum atomic E-state index is 0.0569. The Morgan fingerprint density at radius 1 is 1.37 bits per heavy atom. The summed E-state index contributed by atoms with van der Waals surface area (Å²) < 4.78 is 0. The van der Waals surface area contributed by atoms with Gasteiger partial charge in [-0.15, -0.1) is 0 Å². The molecule has 3 N–H and O–H groups in total. The van der Waals surface area contributed by atoms with Crippen molar-refractivity contribution >= 4 is 17.5 Å². The topological polar surface area (TPSA) is 78.9 Å². The molecular formula is C13H23N5O. The number of carbonyl (C=O) groups is 1. The van der Waals surface area contributed by atoms with Crippen LogP contribution in [0, 0.1) is 6.92 Å². The highest BCUT2D eigenvalue weighted by molar-refractivity contribution is 5.76. The summed E-state index contributed by atoms with van der Waals surface area (Å²) in [7, 11) is 1.81. The van der Waals surface area contributed by atoms with Crippen molar-refractivity contribution in [1.29, 1.82) is 0 Å². The van der Waals surface area contributed by atoms with Crippen molar-refractivity contribution in [3.63, 3.8) is 0 Å². The first-order valence-electron chi connectivity index (χ1n) is 6.61. The van der Waals surface area contributed by atoms with Crippen LogP contribution < -0.4 is 16.0 Å². The molecule has 0 aliphatic carbocycles. The second-order valence-corrected chi connectivity index (χ2v) is 4.49. The van der Waals surface area contributed by atoms with Crippen molar-refractivity contribution < 1.29 is 4.79 Å². The lowest BCUT2D eigenvalue weighted by Crippen LogP contribution is -2.33. The van der Waals surface area contributed by atoms with Gasteiger partial charge in [0.05, 0.1) is 0 Å². The summed E-state index contributed by atoms with van der Waals surface area (Å²) >= 11 is 0. The molecule has 0 spiro atoms. The average Bonchev–Trinajstić information content (AvgIpc) is 2.37. The van der Waals surface area contributed by atoms with E-state index in [1.165, 1.54) is 0 Å². The summed E-state index contributed by atoms with van der Waals surface area (Å²) in [4.78, 5) is 20.1. The molecule has 6 heteroatoms. The Bertz CT molecular complexity index is 421. The van der Waals surface area contributed by atoms with Crippen LogP contribution >= 0.6 is 0 Å². The number of aryl methyl sites for hydroxylation is 1. The van der Waals surface area contributed by atoms with Crippen LogP contribution in [0.1, 0.15) is 32.5 Å². The maximum absolute atomic E-state index is 11.6. The fraction of sp³-hybridized carbons (Fsp3) is 0.615. The number of hydrogen-bond acceptors (Lipinski definition) is 5. The minimum Gasteiger partial charge on any atom is -0.373 e. The zero-order valence-electron chi connectivity index (χ0n) is 12.1. The fourth-order valence-corrected chi connectivity index (χ4v) is 1.54. The zero-order valence-corrected chi connectivity index (χ0v) is 12.1. The molecule has 0 fully saturated rings. The summed E-state index contributed by atoms with van der Waals surface area (Å²) in [5.41, 5.74) is 0. The first-order valence-corrected chi connectivity index (χ1v) is 6.61. The molecule has 0 aliphatic heterocycles. The van der Waals surface area contributed by atoms with Crippen LogP contribution in [-0.2, 0) is 4.79 Å². The smallest absolute Gasteiger partial charge is 0.221 e. The number of hydrogen-bond donors (Lipinski definition) is 3. The largest absolute Gasteiger partial charge is 0.373 e. The van der Waals surface area contributed by atoms with Gasteiger partial charge >= 0.3 is 0 Å². The number of amides is 1. The number of nitrogens with one attached hydrogen (secondary N) is 3. The second kappa shape index (κ2) is 7.56. The van der Waals surface area contributed by atoms with Gasteiger partial charge in [-0.25, -0.2) is 9.97 Å². The van der Waals surface area contributed by atoms with Crippen LogP contribution in [0.15, 0.2) is 6.07 Å². The van der Waals surface area contributed by atoms with Crippen molar-refractivity contribution in [3.8, 4) is 0 Å². The number of carbonyl (C=O) groups excluding carboxylic acids is 1. The Labute approximate surface area is 114 Å². The average molecular weight is 265 g/mol. The number of anilines is 2. The van der Waals surface area contributed by atoms with Crippen LogP contribution in [0.4, 0.5) is 11.6 Å². The summed E-state index contributed by atoms with van der Waals surface area (Å²) in [5, 5.41) is 9.03. The lowest BCUT2D eigenvalue weighted by atomic mass is 10.2. The number of nitrogens with zero attached hydrogens (tertiary/aromatic N) is 2. The predicted octanol–water partition coefficient (Wildman–Crippen LogP) is 1.54. The summed E-state index contributed by atoms with van der Waals surface area (Å²) in [6.45, 7) is 6.44. The molecule has 1 aromatic rings. The summed E-state index contributed by atoms with van der Waals surface area (Å²) in [5.74, 6) is 2.24. The number of rotatable bonds is 7. The standard InChI is InChI=1S/C13H23N5O/c1-5-9(2)16-13(19)6-7-15-12-8-11(14-4)17-10(3)18-12/h8-9H,5-7H2,1-4H3,(H,16,19)(H2,14,15,17,18). The van der Waals surface area contributed by atoms with E-state index in [1.54, 1.807) is 0 Å². The van der Waals surface area contributed by atoms with E-state index in [2.05, 4.69) is 25.9 Å². The highest BCUT2D eigenvalue weighted by Crippen LogP contribution is 2.10. The lowest BCUT2D eigenvalue weighted by Gasteiger charge is -2.12. The van der Waals surface area contributed by atoms with Crippen molar-refractivity contribution in [2.45, 2.75) is 39.7 Å². The molecule has 0 saturated heterocycles. The van der Waals surface area contributed by atoms with Gasteiger partial charge in [0.2, 0.25) is 5.91 Å². The minimum absolute atomic E-state index is 0.0569. The fourth-order valence-electron chi connectivity index (χ4n) is 1.54. The number of aromatic nitrogens is 2. The molecule has 19 heavy (non-hydrogen) atoms. The van der Waals surface area contributed by atoms with Crippen LogP contribution in [0.2, 0.25) is 0 Å². The Morgan fingerprint density at radius 2 is 2.05 bits per heavy atom. The molecule has 1 aromatic heterocycles. The van der Waals surface area contributed by atoms with Gasteiger partial charge in [0, 0.05) is 32.1 Å². The van der Waals surface area contributed by atoms with Crippen LogP contribution in [-0.4, -0.2) is 35.5 Å². The molecular weight excluding hydrogens is 242 g/mol. The SMILES string of the molecule is CCC(C)NC(=O)CCNc1cc(NC)nc(C)n1. The Hall–Kier alpha value is -1.85. The van der Waals surface area contributed by atoms with Crippen LogP contribution in [0.25, 0.3) is 0 Å². The van der Waals surface area contributed by atoms with Crippen molar-refractivity contribution in [3.05, 3.63) is 11.9 Å². The molecule has 6 nitrogen and oxygen atoms in total. The van der Waals surface area contributed by atoms with Crippen LogP contribution in [0.5, 0.6) is 0 Å². The van der Waals surface area contributed by atoms with Crippen molar-refractivity contribution in [2.75, 3.05) is 24.2 Å². The van der Waals surface area contributed by atoms with Gasteiger partial charge in [0.25, 0.3) is 0 Å². The van der Waals surface area contributed by atoms with Gasteiger partial charge in [-0.2, -0.15) is 0 Å². The quantitative estimate of drug-likeness (QED) is 0.697. The van der Waals surface area contributed by atoms with E-state index in [-0.39, 0.29) is 11.9 Å². The molecule has 0 radical (unpaired) electrons. The molecule has 106 valence electrons. The monoisotopic (exact) mass is 265 g/mol. The highest BCUT2D eigenvalue weighted by Gasteiger charge is 2.05. The normalized spacial score (nSPS) is 11.8. The van der Waals surface area contributed by atoms with E-state index in [1.807, 2.05) is 33.9 Å². The lowest BCUT2D eigenvalue weighted by molar-refractivity contribution is -0.121. The van der Waals surface area contributed by atoms with Crippen molar-refractivity contribution in [2.24, 2.45) is 0 Å². The highest BCUT2D eigenvalue weighted by atomic mass is 16.1. The maximum atomic E-state index is 11.6. The summed E-state index contributed by atoms with van der Waals surface area (Å²) in [6.07, 6.45) is 1.37. The summed E-state index contributed by atoms with van der Waals surface area (Å²) in [6, 6.07) is 2.05. The molecule has 0 saturated carbocycles. The van der Waals surface area contributed by atoms with E-state index in [0.717, 1.165) is 18.1 Å². The predicted molar refractivity (Wildman–Crippen MR) is 77.3 cm³/mol. The van der Waals surface area contributed by atoms with Gasteiger partial charge in [-0.1, -0.05) is 6.92 Å². The molecule has 1 unspecified atom stereocenters. The molecule has 1 heterocycles. The Balaban J connectivity index is 2.40. The van der Waals surface area contributed by atoms with Crippen molar-refractivity contribution in [1.82, 2.24) is 15.3 Å². The van der Waals surface area contributed by atoms with Gasteiger partial charge in [-0.3, -0.25) is 4.79 Å². The van der Waals surface area contributed by atoms with E-state index in [9.17, 15) is 4.79 Å². The molecule has 0 bridgehead atoms. The third kappa shape index (κ3) is 5.54. The third-order valence-corrected chi connectivity index (χ3v) is 2.77. The van der Waals surface area contributed by atoms with Gasteiger partial charge in [0.15, 0.2) is 0 Å². The van der Waals surface area contributed by atoms with Crippen LogP contribution in [0.3, 0.4) is 0 Å². The van der Waals surface area contributed by atoms with E-state index >= 15 is 0 Å². The van der Waals surface area contributed by atoms with E-state index < -0.39 is 0 Å².